The Kier molecular flexibility index (Phi) is 31.3. The number of phosphoric acid groups is 1. The molecule has 0 radical (unpaired) electrons. The summed E-state index contributed by atoms with van der Waals surface area (Å²) in [5, 5.41) is 0. The lowest BCUT2D eigenvalue weighted by Gasteiger charge is -2.28. The minimum Gasteiger partial charge on any atom is -0.756 e. The number of rotatable bonds is 39. The monoisotopic (exact) mass is 800 g/mol. The van der Waals surface area contributed by atoms with Gasteiger partial charge in [-0.15, -0.1) is 0 Å². The molecule has 55 heavy (non-hydrogen) atoms. The van der Waals surface area contributed by atoms with E-state index < -0.39 is 32.5 Å². The molecule has 0 aromatic rings. The first-order valence-corrected chi connectivity index (χ1v) is 23.6. The van der Waals surface area contributed by atoms with Gasteiger partial charge in [0.2, 0.25) is 0 Å². The number of phosphoric ester groups is 1. The highest BCUT2D eigenvalue weighted by molar-refractivity contribution is 7.45. The number of allylic oxidation sites excluding steroid dienone is 3. The molecule has 10 nitrogen and oxygen atoms in total. The number of hydrogen-bond donors (Lipinski definition) is 0. The van der Waals surface area contributed by atoms with Crippen LogP contribution in [0, 0.1) is 0 Å². The fraction of sp³-hybridized carbons (Fsp3) is 0.864. The molecule has 0 N–H and O–H groups in total. The summed E-state index contributed by atoms with van der Waals surface area (Å²) in [6, 6.07) is 0. The number of ether oxygens (including phenoxy) is 3. The van der Waals surface area contributed by atoms with Gasteiger partial charge in [-0.1, -0.05) is 128 Å². The van der Waals surface area contributed by atoms with Crippen molar-refractivity contribution in [3.63, 3.8) is 0 Å². The zero-order valence-electron chi connectivity index (χ0n) is 35.8. The molecular weight excluding hydrogens is 717 g/mol. The molecule has 1 saturated heterocycles. The molecule has 1 aliphatic rings. The normalized spacial score (nSPS) is 17.5. The van der Waals surface area contributed by atoms with Crippen LogP contribution in [-0.4, -0.2) is 82.2 Å². The number of nitrogens with zero attached hydrogens (tertiary/aromatic N) is 1. The number of hydrogen-bond acceptors (Lipinski definition) is 9. The Morgan fingerprint density at radius 3 is 1.78 bits per heavy atom. The van der Waals surface area contributed by atoms with Crippen molar-refractivity contribution in [2.45, 2.75) is 199 Å². The van der Waals surface area contributed by atoms with Gasteiger partial charge in [0.05, 0.1) is 40.0 Å². The van der Waals surface area contributed by atoms with Gasteiger partial charge in [-0.05, 0) is 64.2 Å². The standard InChI is InChI=1S/C44H82NO9P/c1-6-8-10-12-14-15-16-17-18-19-20-21-22-26-30-34-43(46)50-38-40(39-52-55(48,49)51-37-36-45(3,4)5)53-44(47)35-31-27-23-25-29-33-42-41(54-42)32-28-24-13-11-9-7-2/h15-16,24,28,40-42H,6-14,17-23,25-27,29-39H2,1-5H3/b16-15-,28-24-/t40-,41?,42?/m1/s1. The van der Waals surface area contributed by atoms with Crippen molar-refractivity contribution in [2.24, 2.45) is 0 Å². The van der Waals surface area contributed by atoms with Gasteiger partial charge >= 0.3 is 11.9 Å². The molecule has 11 heteroatoms. The highest BCUT2D eigenvalue weighted by Gasteiger charge is 2.36. The fourth-order valence-corrected chi connectivity index (χ4v) is 6.97. The summed E-state index contributed by atoms with van der Waals surface area (Å²) in [4.78, 5) is 37.6. The van der Waals surface area contributed by atoms with Gasteiger partial charge in [0, 0.05) is 12.8 Å². The van der Waals surface area contributed by atoms with Gasteiger partial charge < -0.3 is 32.6 Å². The molecule has 0 spiro atoms. The lowest BCUT2D eigenvalue weighted by atomic mass is 10.1. The van der Waals surface area contributed by atoms with E-state index in [0.29, 0.717) is 29.7 Å². The number of quaternary nitrogens is 1. The molecule has 0 bridgehead atoms. The maximum Gasteiger partial charge on any atom is 0.306 e. The number of likely N-dealkylation sites (N-methyl/N-ethyl adjacent to an activating group) is 1. The molecule has 1 aliphatic heterocycles. The number of unbranched alkanes of at least 4 members (excludes halogenated alkanes) is 18. The molecule has 0 saturated carbocycles. The summed E-state index contributed by atoms with van der Waals surface area (Å²) in [5.41, 5.74) is 0. The fourth-order valence-electron chi connectivity index (χ4n) is 6.24. The molecule has 0 amide bonds. The smallest absolute Gasteiger partial charge is 0.306 e. The van der Waals surface area contributed by atoms with Gasteiger partial charge in [-0.2, -0.15) is 0 Å². The summed E-state index contributed by atoms with van der Waals surface area (Å²) in [6.45, 7) is 4.15. The minimum atomic E-state index is -4.63. The average molecular weight is 800 g/mol. The summed E-state index contributed by atoms with van der Waals surface area (Å²) >= 11 is 0. The molecule has 1 rings (SSSR count). The Labute approximate surface area is 336 Å². The summed E-state index contributed by atoms with van der Waals surface area (Å²) in [7, 11) is 1.14. The zero-order chi connectivity index (χ0) is 40.5. The first kappa shape index (κ1) is 51.5. The Morgan fingerprint density at radius 2 is 1.16 bits per heavy atom. The lowest BCUT2D eigenvalue weighted by molar-refractivity contribution is -0.870. The highest BCUT2D eigenvalue weighted by atomic mass is 31.2. The van der Waals surface area contributed by atoms with Crippen LogP contribution in [0.25, 0.3) is 0 Å². The number of epoxide rings is 1. The number of carbonyl (C=O) groups excluding carboxylic acids is 2. The third-order valence-corrected chi connectivity index (χ3v) is 10.8. The maximum absolute atomic E-state index is 12.7. The van der Waals surface area contributed by atoms with Crippen LogP contribution in [-0.2, 0) is 37.4 Å². The van der Waals surface area contributed by atoms with Crippen molar-refractivity contribution in [3.05, 3.63) is 24.3 Å². The third-order valence-electron chi connectivity index (χ3n) is 9.87. The van der Waals surface area contributed by atoms with Gasteiger partial charge in [0.1, 0.15) is 19.8 Å². The molecule has 0 aromatic heterocycles. The number of carbonyl (C=O) groups is 2. The van der Waals surface area contributed by atoms with E-state index in [1.807, 2.05) is 21.1 Å². The van der Waals surface area contributed by atoms with Gasteiger partial charge in [0.15, 0.2) is 6.10 Å². The second-order valence-corrected chi connectivity index (χ2v) is 17.9. The van der Waals surface area contributed by atoms with Crippen LogP contribution >= 0.6 is 7.82 Å². The van der Waals surface area contributed by atoms with E-state index in [1.54, 1.807) is 0 Å². The lowest BCUT2D eigenvalue weighted by Crippen LogP contribution is -2.37. The van der Waals surface area contributed by atoms with Crippen molar-refractivity contribution < 1.29 is 46.8 Å². The maximum atomic E-state index is 12.7. The van der Waals surface area contributed by atoms with E-state index in [0.717, 1.165) is 77.0 Å². The van der Waals surface area contributed by atoms with Crippen LogP contribution in [0.2, 0.25) is 0 Å². The molecule has 0 aromatic carbocycles. The topological polar surface area (TPSA) is 124 Å². The molecule has 4 atom stereocenters. The average Bonchev–Trinajstić information content (AvgIpc) is 3.89. The van der Waals surface area contributed by atoms with Gasteiger partial charge in [-0.25, -0.2) is 0 Å². The first-order valence-electron chi connectivity index (χ1n) is 22.2. The number of esters is 2. The molecule has 3 unspecified atom stereocenters. The van der Waals surface area contributed by atoms with Crippen LogP contribution in [0.4, 0.5) is 0 Å². The van der Waals surface area contributed by atoms with E-state index >= 15 is 0 Å². The second-order valence-electron chi connectivity index (χ2n) is 16.4. The van der Waals surface area contributed by atoms with Crippen molar-refractivity contribution in [1.82, 2.24) is 0 Å². The first-order chi connectivity index (χ1) is 26.5. The van der Waals surface area contributed by atoms with Crippen molar-refractivity contribution >= 4 is 19.8 Å². The Balaban J connectivity index is 2.29. The van der Waals surface area contributed by atoms with Gasteiger partial charge in [-0.3, -0.25) is 14.2 Å². The molecule has 0 aliphatic carbocycles. The summed E-state index contributed by atoms with van der Waals surface area (Å²) in [5.74, 6) is -0.861. The Bertz CT molecular complexity index is 1060. The molecular formula is C44H82NO9P. The largest absolute Gasteiger partial charge is 0.756 e. The summed E-state index contributed by atoms with van der Waals surface area (Å²) in [6.07, 6.45) is 36.4. The minimum absolute atomic E-state index is 0.0366. The van der Waals surface area contributed by atoms with Crippen LogP contribution in [0.1, 0.15) is 181 Å². The van der Waals surface area contributed by atoms with E-state index in [9.17, 15) is 19.0 Å². The molecule has 322 valence electrons. The molecule has 1 fully saturated rings. The van der Waals surface area contributed by atoms with Crippen LogP contribution in [0.3, 0.4) is 0 Å². The Hall–Kier alpha value is -1.55. The predicted molar refractivity (Wildman–Crippen MR) is 222 cm³/mol. The van der Waals surface area contributed by atoms with Crippen LogP contribution < -0.4 is 4.89 Å². The van der Waals surface area contributed by atoms with E-state index in [-0.39, 0.29) is 26.1 Å². The van der Waals surface area contributed by atoms with Gasteiger partial charge in [0.25, 0.3) is 7.82 Å². The summed E-state index contributed by atoms with van der Waals surface area (Å²) < 4.78 is 39.7. The van der Waals surface area contributed by atoms with Crippen molar-refractivity contribution in [1.29, 1.82) is 0 Å². The highest BCUT2D eigenvalue weighted by Crippen LogP contribution is 2.38. The zero-order valence-corrected chi connectivity index (χ0v) is 36.7. The van der Waals surface area contributed by atoms with Crippen LogP contribution in [0.5, 0.6) is 0 Å². The molecule has 1 heterocycles. The Morgan fingerprint density at radius 1 is 0.655 bits per heavy atom. The van der Waals surface area contributed by atoms with E-state index in [4.69, 9.17) is 23.3 Å². The third kappa shape index (κ3) is 34.2. The predicted octanol–water partition coefficient (Wildman–Crippen LogP) is 10.7. The van der Waals surface area contributed by atoms with Crippen LogP contribution in [0.15, 0.2) is 24.3 Å². The van der Waals surface area contributed by atoms with E-state index in [2.05, 4.69) is 38.2 Å². The van der Waals surface area contributed by atoms with E-state index in [1.165, 1.54) is 70.6 Å². The second kappa shape index (κ2) is 33.4. The quantitative estimate of drug-likeness (QED) is 0.0149. The van der Waals surface area contributed by atoms with Crippen molar-refractivity contribution in [2.75, 3.05) is 47.5 Å². The van der Waals surface area contributed by atoms with Crippen molar-refractivity contribution in [3.8, 4) is 0 Å². The SMILES string of the molecule is CCCCC/C=C\CC1OC1CCCCCCCC(=O)O[C@H](COC(=O)CCCCCCCCC/C=C\CCCCCC)COP(=O)([O-])OCC[N+](C)(C)C.